The lowest BCUT2D eigenvalue weighted by molar-refractivity contribution is 0.461. The first-order valence-corrected chi connectivity index (χ1v) is 3.21. The molecule has 2 unspecified atom stereocenters. The molecule has 1 heterocycles. The van der Waals surface area contributed by atoms with Crippen molar-refractivity contribution in [2.75, 3.05) is 7.05 Å². The monoisotopic (exact) mass is 114 g/mol. The molecule has 1 rings (SSSR count). The van der Waals surface area contributed by atoms with Crippen LogP contribution >= 0.6 is 0 Å². The average molecular weight is 114 g/mol. The van der Waals surface area contributed by atoms with E-state index in [0.717, 1.165) is 0 Å². The molecule has 0 aromatic carbocycles. The van der Waals surface area contributed by atoms with Gasteiger partial charge in [0.25, 0.3) is 0 Å². The molecule has 1 fully saturated rings. The quantitative estimate of drug-likeness (QED) is 0.541. The molecule has 0 radical (unpaired) electrons. The smallest absolute Gasteiger partial charge is 0.0942 e. The minimum atomic E-state index is 0.342. The summed E-state index contributed by atoms with van der Waals surface area (Å²) in [6, 6.07) is 0. The Labute approximate surface area is 50.8 Å². The van der Waals surface area contributed by atoms with E-state index >= 15 is 0 Å². The number of rotatable bonds is 2. The molecule has 2 nitrogen and oxygen atoms in total. The van der Waals surface area contributed by atoms with Crippen molar-refractivity contribution in [1.82, 2.24) is 10.4 Å². The van der Waals surface area contributed by atoms with Gasteiger partial charge in [0.2, 0.25) is 0 Å². The topological polar surface area (TPSA) is 25.0 Å². The minimum absolute atomic E-state index is 0.342. The summed E-state index contributed by atoms with van der Waals surface area (Å²) in [5, 5.41) is 2.15. The van der Waals surface area contributed by atoms with Crippen LogP contribution in [-0.4, -0.2) is 17.7 Å². The molecule has 1 saturated heterocycles. The third-order valence-electron chi connectivity index (χ3n) is 1.84. The van der Waals surface area contributed by atoms with Gasteiger partial charge >= 0.3 is 0 Å². The van der Waals surface area contributed by atoms with Gasteiger partial charge in [-0.3, -0.25) is 0 Å². The van der Waals surface area contributed by atoms with Gasteiger partial charge in [-0.1, -0.05) is 13.3 Å². The largest absolute Gasteiger partial charge is 0.233 e. The molecule has 0 aromatic rings. The SMILES string of the molecule is CCCC1(C)NN1C. The van der Waals surface area contributed by atoms with E-state index in [1.807, 2.05) is 0 Å². The lowest BCUT2D eigenvalue weighted by Gasteiger charge is -2.01. The second kappa shape index (κ2) is 1.71. The first kappa shape index (κ1) is 6.05. The van der Waals surface area contributed by atoms with E-state index in [4.69, 9.17) is 0 Å². The van der Waals surface area contributed by atoms with Crippen LogP contribution < -0.4 is 5.43 Å². The first-order valence-electron chi connectivity index (χ1n) is 3.21. The molecular weight excluding hydrogens is 100 g/mol. The second-order valence-corrected chi connectivity index (χ2v) is 2.69. The van der Waals surface area contributed by atoms with Crippen LogP contribution in [0.2, 0.25) is 0 Å². The van der Waals surface area contributed by atoms with Gasteiger partial charge in [0.05, 0.1) is 5.66 Å². The van der Waals surface area contributed by atoms with E-state index in [1.54, 1.807) is 0 Å². The summed E-state index contributed by atoms with van der Waals surface area (Å²) in [7, 11) is 2.08. The Morgan fingerprint density at radius 1 is 1.62 bits per heavy atom. The Morgan fingerprint density at radius 3 is 2.25 bits per heavy atom. The molecule has 0 saturated carbocycles. The molecule has 0 spiro atoms. The number of hydrogen-bond acceptors (Lipinski definition) is 2. The molecule has 0 aliphatic carbocycles. The third-order valence-corrected chi connectivity index (χ3v) is 1.84. The van der Waals surface area contributed by atoms with Crippen LogP contribution in [-0.2, 0) is 0 Å². The van der Waals surface area contributed by atoms with Gasteiger partial charge in [-0.05, 0) is 13.3 Å². The number of hydrazine groups is 1. The zero-order valence-corrected chi connectivity index (χ0v) is 5.86. The summed E-state index contributed by atoms with van der Waals surface area (Å²) < 4.78 is 0. The minimum Gasteiger partial charge on any atom is -0.233 e. The highest BCUT2D eigenvalue weighted by Crippen LogP contribution is 2.26. The van der Waals surface area contributed by atoms with Crippen molar-refractivity contribution in [2.45, 2.75) is 32.4 Å². The molecule has 1 aliphatic rings. The second-order valence-electron chi connectivity index (χ2n) is 2.69. The van der Waals surface area contributed by atoms with Crippen molar-refractivity contribution in [3.63, 3.8) is 0 Å². The van der Waals surface area contributed by atoms with Crippen LogP contribution in [0.5, 0.6) is 0 Å². The van der Waals surface area contributed by atoms with Crippen molar-refractivity contribution < 1.29 is 0 Å². The summed E-state index contributed by atoms with van der Waals surface area (Å²) in [5.74, 6) is 0. The Bertz CT molecular complexity index is 92.5. The average Bonchev–Trinajstić information content (AvgIpc) is 2.16. The fourth-order valence-electron chi connectivity index (χ4n) is 1.05. The van der Waals surface area contributed by atoms with E-state index in [-0.39, 0.29) is 0 Å². The van der Waals surface area contributed by atoms with Gasteiger partial charge < -0.3 is 0 Å². The van der Waals surface area contributed by atoms with Crippen molar-refractivity contribution in [3.05, 3.63) is 0 Å². The van der Waals surface area contributed by atoms with Crippen LogP contribution in [0.25, 0.3) is 0 Å². The standard InChI is InChI=1S/C6H14N2/c1-4-5-6(2)7-8(6)3/h7H,4-5H2,1-3H3. The van der Waals surface area contributed by atoms with E-state index < -0.39 is 0 Å². The Kier molecular flexibility index (Phi) is 1.29. The summed E-state index contributed by atoms with van der Waals surface area (Å²) in [4.78, 5) is 0. The fourth-order valence-corrected chi connectivity index (χ4v) is 1.05. The predicted molar refractivity (Wildman–Crippen MR) is 34.2 cm³/mol. The van der Waals surface area contributed by atoms with E-state index in [2.05, 4.69) is 31.3 Å². The van der Waals surface area contributed by atoms with E-state index in [0.29, 0.717) is 5.66 Å². The lowest BCUT2D eigenvalue weighted by Crippen LogP contribution is -2.10. The zero-order valence-electron chi connectivity index (χ0n) is 5.86. The van der Waals surface area contributed by atoms with Crippen LogP contribution in [0.15, 0.2) is 0 Å². The van der Waals surface area contributed by atoms with Gasteiger partial charge in [0.1, 0.15) is 0 Å². The summed E-state index contributed by atoms with van der Waals surface area (Å²) in [6.07, 6.45) is 2.51. The van der Waals surface area contributed by atoms with Crippen LogP contribution in [0, 0.1) is 0 Å². The maximum absolute atomic E-state index is 3.24. The van der Waals surface area contributed by atoms with Gasteiger partial charge in [0, 0.05) is 7.05 Å². The number of hydrogen-bond donors (Lipinski definition) is 1. The lowest BCUT2D eigenvalue weighted by atomic mass is 10.1. The number of nitrogens with one attached hydrogen (secondary N) is 1. The first-order chi connectivity index (χ1) is 3.69. The summed E-state index contributed by atoms with van der Waals surface area (Å²) >= 11 is 0. The van der Waals surface area contributed by atoms with Crippen LogP contribution in [0.4, 0.5) is 0 Å². The zero-order chi connectivity index (χ0) is 6.20. The molecule has 48 valence electrons. The van der Waals surface area contributed by atoms with Gasteiger partial charge in [0.15, 0.2) is 0 Å². The highest BCUT2D eigenvalue weighted by Gasteiger charge is 2.42. The van der Waals surface area contributed by atoms with Crippen LogP contribution in [0.1, 0.15) is 26.7 Å². The molecule has 0 bridgehead atoms. The van der Waals surface area contributed by atoms with E-state index in [1.165, 1.54) is 12.8 Å². The Hall–Kier alpha value is -0.0800. The Balaban J connectivity index is 2.25. The summed E-state index contributed by atoms with van der Waals surface area (Å²) in [6.45, 7) is 4.43. The maximum Gasteiger partial charge on any atom is 0.0942 e. The summed E-state index contributed by atoms with van der Waals surface area (Å²) in [5.41, 5.74) is 3.58. The Morgan fingerprint density at radius 2 is 2.12 bits per heavy atom. The van der Waals surface area contributed by atoms with Crippen molar-refractivity contribution in [3.8, 4) is 0 Å². The highest BCUT2D eigenvalue weighted by molar-refractivity contribution is 4.89. The molecule has 0 aromatic heterocycles. The van der Waals surface area contributed by atoms with Crippen molar-refractivity contribution in [1.29, 1.82) is 0 Å². The fraction of sp³-hybridized carbons (Fsp3) is 1.00. The van der Waals surface area contributed by atoms with Gasteiger partial charge in [-0.25, -0.2) is 10.4 Å². The van der Waals surface area contributed by atoms with Gasteiger partial charge in [-0.15, -0.1) is 0 Å². The van der Waals surface area contributed by atoms with Crippen molar-refractivity contribution >= 4 is 0 Å². The molecule has 8 heavy (non-hydrogen) atoms. The van der Waals surface area contributed by atoms with Crippen molar-refractivity contribution in [2.24, 2.45) is 0 Å². The van der Waals surface area contributed by atoms with Gasteiger partial charge in [-0.2, -0.15) is 0 Å². The normalized spacial score (nSPS) is 44.6. The molecule has 2 heteroatoms. The molecular formula is C6H14N2. The molecule has 1 aliphatic heterocycles. The number of nitrogens with zero attached hydrogens (tertiary/aromatic N) is 1. The third kappa shape index (κ3) is 0.858. The molecule has 2 atom stereocenters. The highest BCUT2D eigenvalue weighted by atomic mass is 15.8. The predicted octanol–water partition coefficient (Wildman–Crippen LogP) is 0.953. The van der Waals surface area contributed by atoms with Crippen LogP contribution in [0.3, 0.4) is 0 Å². The molecule has 0 amide bonds. The van der Waals surface area contributed by atoms with E-state index in [9.17, 15) is 0 Å². The maximum atomic E-state index is 3.24. The molecule has 1 N–H and O–H groups in total.